The molecule has 2 unspecified atom stereocenters. The lowest BCUT2D eigenvalue weighted by Crippen LogP contribution is -2.23. The van der Waals surface area contributed by atoms with Crippen molar-refractivity contribution in [2.75, 3.05) is 13.2 Å². The Morgan fingerprint density at radius 1 is 1.44 bits per heavy atom. The predicted octanol–water partition coefficient (Wildman–Crippen LogP) is 0.0606. The van der Waals surface area contributed by atoms with Gasteiger partial charge >= 0.3 is 0 Å². The third-order valence-corrected chi connectivity index (χ3v) is 2.33. The Bertz CT molecular complexity index is 118. The summed E-state index contributed by atoms with van der Waals surface area (Å²) in [5.74, 6) is 0. The first-order chi connectivity index (χ1) is 4.08. The minimum atomic E-state index is -1.73. The highest BCUT2D eigenvalue weighted by Gasteiger charge is 2.68. The lowest BCUT2D eigenvalue weighted by molar-refractivity contribution is 0.135. The first-order valence-corrected chi connectivity index (χ1v) is 3.05. The zero-order valence-electron chi connectivity index (χ0n) is 4.77. The van der Waals surface area contributed by atoms with E-state index in [1.165, 1.54) is 0 Å². The molecule has 0 aromatic carbocycles. The summed E-state index contributed by atoms with van der Waals surface area (Å²) in [6.45, 7) is -1.01. The van der Waals surface area contributed by atoms with E-state index in [1.54, 1.807) is 0 Å². The van der Waals surface area contributed by atoms with Gasteiger partial charge in [0.25, 0.3) is 0 Å². The average molecular weight is 155 g/mol. The van der Waals surface area contributed by atoms with E-state index in [2.05, 4.69) is 0 Å². The second kappa shape index (κ2) is 1.81. The van der Waals surface area contributed by atoms with Crippen molar-refractivity contribution in [2.24, 2.45) is 0 Å². The highest BCUT2D eigenvalue weighted by Crippen LogP contribution is 2.55. The van der Waals surface area contributed by atoms with Crippen LogP contribution in [-0.2, 0) is 0 Å². The third kappa shape index (κ3) is 0.838. The first kappa shape index (κ1) is 7.25. The third-order valence-electron chi connectivity index (χ3n) is 1.74. The van der Waals surface area contributed by atoms with Gasteiger partial charge in [0.05, 0.1) is 13.2 Å². The minimum absolute atomic E-state index is 0.0502. The van der Waals surface area contributed by atoms with E-state index in [0.717, 1.165) is 0 Å². The Labute approximate surface area is 57.3 Å². The van der Waals surface area contributed by atoms with Crippen molar-refractivity contribution in [1.29, 1.82) is 0 Å². The molecule has 0 heterocycles. The van der Waals surface area contributed by atoms with Gasteiger partial charge in [-0.25, -0.2) is 4.39 Å². The van der Waals surface area contributed by atoms with E-state index in [4.69, 9.17) is 21.8 Å². The molecule has 1 saturated carbocycles. The van der Waals surface area contributed by atoms with Crippen molar-refractivity contribution in [2.45, 2.75) is 17.0 Å². The number of aliphatic hydroxyl groups excluding tert-OH is 2. The lowest BCUT2D eigenvalue weighted by Gasteiger charge is -2.05. The zero-order valence-corrected chi connectivity index (χ0v) is 5.53. The summed E-state index contributed by atoms with van der Waals surface area (Å²) in [7, 11) is 0. The molecule has 9 heavy (non-hydrogen) atoms. The van der Waals surface area contributed by atoms with E-state index in [0.29, 0.717) is 0 Å². The van der Waals surface area contributed by atoms with Crippen LogP contribution in [0.25, 0.3) is 0 Å². The molecule has 54 valence electrons. The van der Waals surface area contributed by atoms with Gasteiger partial charge in [-0.05, 0) is 0 Å². The van der Waals surface area contributed by atoms with Crippen molar-refractivity contribution in [3.05, 3.63) is 0 Å². The molecule has 1 aliphatic rings. The van der Waals surface area contributed by atoms with E-state index in [9.17, 15) is 4.39 Å². The summed E-state index contributed by atoms with van der Waals surface area (Å²) < 4.78 is 12.7. The summed E-state index contributed by atoms with van der Waals surface area (Å²) in [4.78, 5) is -1.19. The maximum atomic E-state index is 12.7. The molecule has 1 rings (SSSR count). The van der Waals surface area contributed by atoms with Crippen LogP contribution in [0.15, 0.2) is 0 Å². The quantitative estimate of drug-likeness (QED) is 0.553. The molecule has 2 atom stereocenters. The van der Waals surface area contributed by atoms with E-state index < -0.39 is 23.8 Å². The Morgan fingerprint density at radius 2 is 2.00 bits per heavy atom. The van der Waals surface area contributed by atoms with Gasteiger partial charge in [-0.3, -0.25) is 0 Å². The van der Waals surface area contributed by atoms with Gasteiger partial charge < -0.3 is 10.2 Å². The van der Waals surface area contributed by atoms with Crippen molar-refractivity contribution < 1.29 is 14.6 Å². The lowest BCUT2D eigenvalue weighted by atomic mass is 10.3. The Balaban J connectivity index is 2.54. The second-order valence-electron chi connectivity index (χ2n) is 2.42. The van der Waals surface area contributed by atoms with Gasteiger partial charge in [0.15, 0.2) is 5.67 Å². The molecule has 0 spiro atoms. The van der Waals surface area contributed by atoms with Crippen molar-refractivity contribution >= 4 is 11.6 Å². The van der Waals surface area contributed by atoms with Crippen molar-refractivity contribution in [3.8, 4) is 0 Å². The van der Waals surface area contributed by atoms with Crippen LogP contribution < -0.4 is 0 Å². The number of aliphatic hydroxyl groups is 2. The monoisotopic (exact) mass is 154 g/mol. The summed E-state index contributed by atoms with van der Waals surface area (Å²) in [6, 6.07) is 0. The van der Waals surface area contributed by atoms with Gasteiger partial charge in [0.2, 0.25) is 0 Å². The molecule has 2 nitrogen and oxygen atoms in total. The van der Waals surface area contributed by atoms with E-state index >= 15 is 0 Å². The molecule has 0 bridgehead atoms. The van der Waals surface area contributed by atoms with Gasteiger partial charge in [-0.2, -0.15) is 0 Å². The molecule has 4 heteroatoms. The van der Waals surface area contributed by atoms with Crippen LogP contribution in [-0.4, -0.2) is 34.0 Å². The highest BCUT2D eigenvalue weighted by atomic mass is 35.5. The topological polar surface area (TPSA) is 40.5 Å². The number of rotatable bonds is 2. The zero-order chi connectivity index (χ0) is 7.12. The Kier molecular flexibility index (Phi) is 1.46. The van der Waals surface area contributed by atoms with E-state index in [-0.39, 0.29) is 6.42 Å². The SMILES string of the molecule is OCC1(F)CC1(Cl)CO. The second-order valence-corrected chi connectivity index (χ2v) is 3.15. The van der Waals surface area contributed by atoms with Crippen LogP contribution in [0.1, 0.15) is 6.42 Å². The smallest absolute Gasteiger partial charge is 0.157 e. The normalized spacial score (nSPS) is 49.3. The van der Waals surface area contributed by atoms with Crippen molar-refractivity contribution in [3.63, 3.8) is 0 Å². The van der Waals surface area contributed by atoms with Gasteiger partial charge in [-0.15, -0.1) is 11.6 Å². The van der Waals surface area contributed by atoms with Gasteiger partial charge in [0.1, 0.15) is 4.87 Å². The van der Waals surface area contributed by atoms with Crippen LogP contribution in [0.4, 0.5) is 4.39 Å². The standard InChI is InChI=1S/C5H8ClFO2/c6-4(2-8)1-5(4,7)3-9/h8-9H,1-3H2. The number of hydrogen-bond acceptors (Lipinski definition) is 2. The number of halogens is 2. The molecule has 0 amide bonds. The maximum Gasteiger partial charge on any atom is 0.157 e. The molecule has 0 aromatic heterocycles. The summed E-state index contributed by atoms with van der Waals surface area (Å²) in [5, 5.41) is 16.8. The fourth-order valence-electron chi connectivity index (χ4n) is 0.795. The van der Waals surface area contributed by atoms with Crippen LogP contribution in [0.3, 0.4) is 0 Å². The molecular formula is C5H8ClFO2. The van der Waals surface area contributed by atoms with Gasteiger partial charge in [-0.1, -0.05) is 0 Å². The van der Waals surface area contributed by atoms with Crippen LogP contribution >= 0.6 is 11.6 Å². The van der Waals surface area contributed by atoms with Gasteiger partial charge in [0, 0.05) is 6.42 Å². The molecule has 2 N–H and O–H groups in total. The molecule has 0 aliphatic heterocycles. The molecule has 0 radical (unpaired) electrons. The van der Waals surface area contributed by atoms with Crippen molar-refractivity contribution in [1.82, 2.24) is 0 Å². The molecule has 1 aliphatic carbocycles. The van der Waals surface area contributed by atoms with Crippen LogP contribution in [0.2, 0.25) is 0 Å². The highest BCUT2D eigenvalue weighted by molar-refractivity contribution is 6.27. The summed E-state index contributed by atoms with van der Waals surface area (Å²) >= 11 is 5.45. The number of alkyl halides is 2. The Morgan fingerprint density at radius 3 is 2.11 bits per heavy atom. The predicted molar refractivity (Wildman–Crippen MR) is 31.2 cm³/mol. The number of hydrogen-bond donors (Lipinski definition) is 2. The van der Waals surface area contributed by atoms with E-state index in [1.807, 2.05) is 0 Å². The maximum absolute atomic E-state index is 12.7. The fraction of sp³-hybridized carbons (Fsp3) is 1.00. The molecular weight excluding hydrogens is 147 g/mol. The minimum Gasteiger partial charge on any atom is -0.394 e. The molecule has 0 aromatic rings. The molecule has 1 fully saturated rings. The Hall–Kier alpha value is 0.140. The first-order valence-electron chi connectivity index (χ1n) is 2.67. The molecule has 0 saturated heterocycles. The summed E-state index contributed by atoms with van der Waals surface area (Å²) in [6.07, 6.45) is 0.0502. The average Bonchev–Trinajstić information content (AvgIpc) is 2.39. The fourth-order valence-corrected chi connectivity index (χ4v) is 1.07. The van der Waals surface area contributed by atoms with Crippen LogP contribution in [0.5, 0.6) is 0 Å². The van der Waals surface area contributed by atoms with Crippen LogP contribution in [0, 0.1) is 0 Å². The largest absolute Gasteiger partial charge is 0.394 e. The summed E-state index contributed by atoms with van der Waals surface area (Å²) in [5.41, 5.74) is -1.73.